The monoisotopic (exact) mass is 432 g/mol. The molecule has 2 fully saturated rings. The van der Waals surface area contributed by atoms with Gasteiger partial charge in [0.15, 0.2) is 0 Å². The number of thioether (sulfide) groups is 1. The van der Waals surface area contributed by atoms with Gasteiger partial charge in [-0.15, -0.1) is 0 Å². The average molecular weight is 433 g/mol. The molecule has 1 aromatic rings. The molecule has 8 heteroatoms. The number of carbonyl (C=O) groups excluding carboxylic acids is 2. The van der Waals surface area contributed by atoms with Gasteiger partial charge in [-0.3, -0.25) is 10.1 Å². The molecule has 2 saturated heterocycles. The molecular weight excluding hydrogens is 416 g/mol. The SMILES string of the molecule is N#CC1=C(N)[C@H]2C(=O)NC(=O)N[C@]23CCSC[C@H]3[C@@H]1c1ccc(Br)cc1. The van der Waals surface area contributed by atoms with Crippen LogP contribution in [0.1, 0.15) is 17.9 Å². The van der Waals surface area contributed by atoms with Gasteiger partial charge in [0.2, 0.25) is 5.91 Å². The second kappa shape index (κ2) is 6.32. The number of allylic oxidation sites excluding steroid dienone is 1. The summed E-state index contributed by atoms with van der Waals surface area (Å²) >= 11 is 5.22. The first kappa shape index (κ1) is 17.4. The number of nitrogens with zero attached hydrogens (tertiary/aromatic N) is 1. The fourth-order valence-corrected chi connectivity index (χ4v) is 6.24. The molecule has 0 unspecified atom stereocenters. The summed E-state index contributed by atoms with van der Waals surface area (Å²) in [5.41, 5.74) is 7.31. The topological polar surface area (TPSA) is 108 Å². The first-order valence-corrected chi connectivity index (χ1v) is 10.3. The molecule has 0 bridgehead atoms. The molecule has 0 saturated carbocycles. The summed E-state index contributed by atoms with van der Waals surface area (Å²) in [6, 6.07) is 9.57. The lowest BCUT2D eigenvalue weighted by molar-refractivity contribution is -0.128. The predicted molar refractivity (Wildman–Crippen MR) is 102 cm³/mol. The summed E-state index contributed by atoms with van der Waals surface area (Å²) in [7, 11) is 0. The maximum Gasteiger partial charge on any atom is 0.321 e. The number of nitrogens with two attached hydrogens (primary N) is 1. The number of benzene rings is 1. The summed E-state index contributed by atoms with van der Waals surface area (Å²) in [5, 5.41) is 15.2. The summed E-state index contributed by atoms with van der Waals surface area (Å²) < 4.78 is 0.948. The standard InChI is InChI=1S/C18H17BrN4O2S/c19-10-3-1-9(2-4-10)13-11(7-20)15(21)14-16(24)22-17(25)23-18(14)5-6-26-8-12(13)18/h1-4,12-14H,5-6,8,21H2,(H2,22,23,24,25)/t12-,13+,14-,18-/m0/s1. The van der Waals surface area contributed by atoms with E-state index in [2.05, 4.69) is 32.6 Å². The largest absolute Gasteiger partial charge is 0.400 e. The number of imide groups is 1. The molecule has 3 amide bonds. The number of hydrogen-bond acceptors (Lipinski definition) is 5. The van der Waals surface area contributed by atoms with Crippen LogP contribution in [-0.4, -0.2) is 29.0 Å². The maximum atomic E-state index is 12.6. The zero-order chi connectivity index (χ0) is 18.5. The molecule has 1 spiro atoms. The van der Waals surface area contributed by atoms with Gasteiger partial charge in [0.1, 0.15) is 5.92 Å². The van der Waals surface area contributed by atoms with Gasteiger partial charge in [-0.2, -0.15) is 17.0 Å². The third-order valence-corrected chi connectivity index (χ3v) is 7.28. The molecule has 4 N–H and O–H groups in total. The zero-order valence-electron chi connectivity index (χ0n) is 13.8. The Kier molecular flexibility index (Phi) is 4.24. The Bertz CT molecular complexity index is 863. The predicted octanol–water partition coefficient (Wildman–Crippen LogP) is 2.23. The van der Waals surface area contributed by atoms with E-state index >= 15 is 0 Å². The minimum absolute atomic E-state index is 0.0793. The van der Waals surface area contributed by atoms with Gasteiger partial charge >= 0.3 is 6.03 Å². The van der Waals surface area contributed by atoms with Gasteiger partial charge in [-0.25, -0.2) is 4.79 Å². The number of halogens is 1. The minimum Gasteiger partial charge on any atom is -0.400 e. The van der Waals surface area contributed by atoms with Crippen LogP contribution in [0.15, 0.2) is 40.0 Å². The molecule has 0 aromatic heterocycles. The van der Waals surface area contributed by atoms with Crippen molar-refractivity contribution in [2.75, 3.05) is 11.5 Å². The van der Waals surface area contributed by atoms with E-state index < -0.39 is 23.4 Å². The average Bonchev–Trinajstić information content (AvgIpc) is 2.60. The van der Waals surface area contributed by atoms with Crippen molar-refractivity contribution in [3.63, 3.8) is 0 Å². The van der Waals surface area contributed by atoms with Gasteiger partial charge in [0, 0.05) is 22.0 Å². The molecule has 2 aliphatic heterocycles. The van der Waals surface area contributed by atoms with E-state index in [-0.39, 0.29) is 17.5 Å². The van der Waals surface area contributed by atoms with Crippen LogP contribution in [0.3, 0.4) is 0 Å². The van der Waals surface area contributed by atoms with E-state index in [0.29, 0.717) is 12.0 Å². The third-order valence-electron chi connectivity index (χ3n) is 5.66. The van der Waals surface area contributed by atoms with Gasteiger partial charge < -0.3 is 11.1 Å². The van der Waals surface area contributed by atoms with Gasteiger partial charge in [0.25, 0.3) is 0 Å². The molecule has 4 atom stereocenters. The van der Waals surface area contributed by atoms with Crippen LogP contribution in [0.5, 0.6) is 0 Å². The smallest absolute Gasteiger partial charge is 0.321 e. The van der Waals surface area contributed by atoms with Crippen molar-refractivity contribution in [3.8, 4) is 6.07 Å². The Balaban J connectivity index is 1.94. The number of nitriles is 1. The quantitative estimate of drug-likeness (QED) is 0.630. The number of hydrogen-bond donors (Lipinski definition) is 3. The van der Waals surface area contributed by atoms with Crippen molar-refractivity contribution in [1.82, 2.24) is 10.6 Å². The second-order valence-electron chi connectivity index (χ2n) is 6.86. The van der Waals surface area contributed by atoms with Crippen LogP contribution in [0.4, 0.5) is 4.79 Å². The maximum absolute atomic E-state index is 12.6. The number of carbonyl (C=O) groups is 2. The van der Waals surface area contributed by atoms with E-state index in [1.54, 1.807) is 11.8 Å². The van der Waals surface area contributed by atoms with Crippen LogP contribution in [-0.2, 0) is 4.79 Å². The molecule has 3 aliphatic rings. The third kappa shape index (κ3) is 2.45. The van der Waals surface area contributed by atoms with Gasteiger partial charge in [0.05, 0.1) is 17.2 Å². The Morgan fingerprint density at radius 1 is 1.31 bits per heavy atom. The van der Waals surface area contributed by atoms with E-state index in [4.69, 9.17) is 5.73 Å². The summed E-state index contributed by atoms with van der Waals surface area (Å²) in [4.78, 5) is 24.8. The van der Waals surface area contributed by atoms with E-state index in [1.165, 1.54) is 0 Å². The van der Waals surface area contributed by atoms with Crippen molar-refractivity contribution in [3.05, 3.63) is 45.6 Å². The fraction of sp³-hybridized carbons (Fsp3) is 0.389. The highest BCUT2D eigenvalue weighted by Gasteiger charge is 2.61. The molecule has 4 rings (SSSR count). The lowest BCUT2D eigenvalue weighted by Gasteiger charge is -2.56. The molecule has 6 nitrogen and oxygen atoms in total. The molecule has 0 radical (unpaired) electrons. The Hall–Kier alpha value is -1.98. The van der Waals surface area contributed by atoms with Crippen LogP contribution in [0.2, 0.25) is 0 Å². The molecule has 2 heterocycles. The molecular formula is C18H17BrN4O2S. The van der Waals surface area contributed by atoms with Crippen LogP contribution in [0, 0.1) is 23.2 Å². The summed E-state index contributed by atoms with van der Waals surface area (Å²) in [6.45, 7) is 0. The van der Waals surface area contributed by atoms with Crippen LogP contribution >= 0.6 is 27.7 Å². The Labute approximate surface area is 163 Å². The molecule has 134 valence electrons. The molecule has 1 aliphatic carbocycles. The van der Waals surface area contributed by atoms with E-state index in [0.717, 1.165) is 21.5 Å². The van der Waals surface area contributed by atoms with Crippen molar-refractivity contribution >= 4 is 39.6 Å². The zero-order valence-corrected chi connectivity index (χ0v) is 16.2. The van der Waals surface area contributed by atoms with Gasteiger partial charge in [-0.05, 0) is 35.6 Å². The van der Waals surface area contributed by atoms with Crippen LogP contribution in [0.25, 0.3) is 0 Å². The second-order valence-corrected chi connectivity index (χ2v) is 8.92. The highest BCUT2D eigenvalue weighted by molar-refractivity contribution is 9.10. The van der Waals surface area contributed by atoms with Crippen molar-refractivity contribution in [1.29, 1.82) is 5.26 Å². The van der Waals surface area contributed by atoms with E-state index in [1.807, 2.05) is 24.3 Å². The minimum atomic E-state index is -0.743. The first-order chi connectivity index (χ1) is 12.5. The highest BCUT2D eigenvalue weighted by atomic mass is 79.9. The first-order valence-electron chi connectivity index (χ1n) is 8.34. The van der Waals surface area contributed by atoms with Crippen LogP contribution < -0.4 is 16.4 Å². The lowest BCUT2D eigenvalue weighted by Crippen LogP contribution is -2.73. The van der Waals surface area contributed by atoms with Gasteiger partial charge in [-0.1, -0.05) is 28.1 Å². The Morgan fingerprint density at radius 2 is 2.04 bits per heavy atom. The lowest BCUT2D eigenvalue weighted by atomic mass is 9.58. The summed E-state index contributed by atoms with van der Waals surface area (Å²) in [5.74, 6) is 0.150. The molecule has 26 heavy (non-hydrogen) atoms. The fourth-order valence-electron chi connectivity index (χ4n) is 4.58. The van der Waals surface area contributed by atoms with Crippen molar-refractivity contribution in [2.45, 2.75) is 17.9 Å². The van der Waals surface area contributed by atoms with Crippen molar-refractivity contribution < 1.29 is 9.59 Å². The molecule has 1 aromatic carbocycles. The summed E-state index contributed by atoms with van der Waals surface area (Å²) in [6.07, 6.45) is 0.651. The Morgan fingerprint density at radius 3 is 2.73 bits per heavy atom. The number of urea groups is 1. The van der Waals surface area contributed by atoms with Crippen molar-refractivity contribution in [2.24, 2.45) is 17.6 Å². The number of rotatable bonds is 1. The number of nitrogens with one attached hydrogen (secondary N) is 2. The normalized spacial score (nSPS) is 33.5. The number of amides is 3. The van der Waals surface area contributed by atoms with E-state index in [9.17, 15) is 14.9 Å². The highest BCUT2D eigenvalue weighted by Crippen LogP contribution is 2.54.